The maximum Gasteiger partial charge on any atom is 0.261 e. The molecule has 2 N–H and O–H groups in total. The van der Waals surface area contributed by atoms with Crippen molar-refractivity contribution in [2.24, 2.45) is 0 Å². The number of nitrogens with one attached hydrogen (secondary N) is 2. The zero-order valence-corrected chi connectivity index (χ0v) is 20.6. The fraction of sp³-hybridized carbons (Fsp3) is 0.174. The first kappa shape index (κ1) is 24.5. The maximum absolute atomic E-state index is 12.7. The Morgan fingerprint density at radius 3 is 2.28 bits per heavy atom. The van der Waals surface area contributed by atoms with Crippen LogP contribution in [0.5, 0.6) is 0 Å². The Labute approximate surface area is 202 Å². The number of carbonyl (C=O) groups is 1. The van der Waals surface area contributed by atoms with Crippen LogP contribution in [0.2, 0.25) is 10.0 Å². The molecule has 0 heterocycles. The van der Waals surface area contributed by atoms with Crippen molar-refractivity contribution in [1.29, 1.82) is 0 Å². The van der Waals surface area contributed by atoms with Gasteiger partial charge in [-0.05, 0) is 73.0 Å². The van der Waals surface area contributed by atoms with E-state index in [1.165, 1.54) is 23.9 Å². The molecule has 0 radical (unpaired) electrons. The van der Waals surface area contributed by atoms with Gasteiger partial charge in [-0.25, -0.2) is 8.42 Å². The number of thioether (sulfide) groups is 1. The molecule has 0 aliphatic heterocycles. The zero-order valence-electron chi connectivity index (χ0n) is 17.5. The van der Waals surface area contributed by atoms with Gasteiger partial charge >= 0.3 is 0 Å². The third-order valence-corrected chi connectivity index (χ3v) is 7.68. The molecule has 0 spiro atoms. The fourth-order valence-electron chi connectivity index (χ4n) is 2.88. The van der Waals surface area contributed by atoms with Gasteiger partial charge in [0.25, 0.3) is 10.0 Å². The summed E-state index contributed by atoms with van der Waals surface area (Å²) in [5, 5.41) is 3.89. The Hall–Kier alpha value is -2.19. The highest BCUT2D eigenvalue weighted by atomic mass is 35.5. The van der Waals surface area contributed by atoms with Crippen molar-refractivity contribution < 1.29 is 13.2 Å². The molecule has 3 aromatic carbocycles. The number of hydrogen-bond acceptors (Lipinski definition) is 4. The normalized spacial score (nSPS) is 11.2. The summed E-state index contributed by atoms with van der Waals surface area (Å²) in [5.41, 5.74) is 3.63. The van der Waals surface area contributed by atoms with Gasteiger partial charge in [-0.3, -0.25) is 9.52 Å². The van der Waals surface area contributed by atoms with Crippen LogP contribution in [0.15, 0.2) is 65.6 Å². The minimum absolute atomic E-state index is 0.110. The van der Waals surface area contributed by atoms with Gasteiger partial charge in [0.05, 0.1) is 16.3 Å². The maximum atomic E-state index is 12.7. The molecule has 0 aliphatic carbocycles. The molecule has 3 aromatic rings. The Morgan fingerprint density at radius 2 is 1.62 bits per heavy atom. The monoisotopic (exact) mass is 508 g/mol. The molecule has 0 saturated carbocycles. The number of anilines is 2. The van der Waals surface area contributed by atoms with E-state index in [9.17, 15) is 13.2 Å². The number of benzene rings is 3. The van der Waals surface area contributed by atoms with Gasteiger partial charge < -0.3 is 5.32 Å². The van der Waals surface area contributed by atoms with Crippen molar-refractivity contribution in [2.45, 2.75) is 24.5 Å². The van der Waals surface area contributed by atoms with Crippen LogP contribution in [0.3, 0.4) is 0 Å². The lowest BCUT2D eigenvalue weighted by Gasteiger charge is -2.12. The van der Waals surface area contributed by atoms with Gasteiger partial charge in [0.2, 0.25) is 5.91 Å². The first-order valence-electron chi connectivity index (χ1n) is 9.66. The molecule has 168 valence electrons. The van der Waals surface area contributed by atoms with Crippen molar-refractivity contribution in [2.75, 3.05) is 15.8 Å². The predicted molar refractivity (Wildman–Crippen MR) is 134 cm³/mol. The molecule has 9 heteroatoms. The Morgan fingerprint density at radius 1 is 0.969 bits per heavy atom. The van der Waals surface area contributed by atoms with Crippen LogP contribution in [-0.4, -0.2) is 20.1 Å². The standard InChI is InChI=1S/C23H22Cl2N2O3S2/c1-15-6-7-16(2)22(12-15)27-32(29,30)18-10-8-17(9-11-18)26-23(28)14-31-13-19-20(24)4-3-5-21(19)25/h3-12,27H,13-14H2,1-2H3,(H,26,28). The summed E-state index contributed by atoms with van der Waals surface area (Å²) in [7, 11) is -3.74. The van der Waals surface area contributed by atoms with E-state index < -0.39 is 10.0 Å². The van der Waals surface area contributed by atoms with Gasteiger partial charge in [-0.2, -0.15) is 0 Å². The van der Waals surface area contributed by atoms with E-state index in [-0.39, 0.29) is 16.6 Å². The molecular weight excluding hydrogens is 487 g/mol. The van der Waals surface area contributed by atoms with Gasteiger partial charge in [0, 0.05) is 21.5 Å². The summed E-state index contributed by atoms with van der Waals surface area (Å²) >= 11 is 13.7. The van der Waals surface area contributed by atoms with E-state index in [4.69, 9.17) is 23.2 Å². The van der Waals surface area contributed by atoms with Gasteiger partial charge in [-0.1, -0.05) is 41.4 Å². The lowest BCUT2D eigenvalue weighted by atomic mass is 10.1. The van der Waals surface area contributed by atoms with E-state index in [0.717, 1.165) is 16.7 Å². The number of rotatable bonds is 8. The molecular formula is C23H22Cl2N2O3S2. The van der Waals surface area contributed by atoms with Crippen molar-refractivity contribution >= 4 is 62.3 Å². The summed E-state index contributed by atoms with van der Waals surface area (Å²) in [6, 6.07) is 16.9. The van der Waals surface area contributed by atoms with Crippen LogP contribution in [0, 0.1) is 13.8 Å². The van der Waals surface area contributed by atoms with E-state index in [0.29, 0.717) is 27.2 Å². The summed E-state index contributed by atoms with van der Waals surface area (Å²) in [6.07, 6.45) is 0. The van der Waals surface area contributed by atoms with Crippen molar-refractivity contribution in [3.05, 3.63) is 87.4 Å². The third kappa shape index (κ3) is 6.42. The van der Waals surface area contributed by atoms with Gasteiger partial charge in [0.15, 0.2) is 0 Å². The Kier molecular flexibility index (Phi) is 8.11. The van der Waals surface area contributed by atoms with E-state index in [1.807, 2.05) is 26.0 Å². The second kappa shape index (κ2) is 10.6. The van der Waals surface area contributed by atoms with Crippen molar-refractivity contribution in [3.8, 4) is 0 Å². The molecule has 3 rings (SSSR count). The number of sulfonamides is 1. The molecule has 0 aliphatic rings. The summed E-state index contributed by atoms with van der Waals surface area (Å²) in [5.74, 6) is 0.505. The van der Waals surface area contributed by atoms with Crippen LogP contribution in [-0.2, 0) is 20.6 Å². The molecule has 0 unspecified atom stereocenters. The predicted octanol–water partition coefficient (Wildman–Crippen LogP) is 6.28. The summed E-state index contributed by atoms with van der Waals surface area (Å²) in [4.78, 5) is 12.3. The average Bonchev–Trinajstić information content (AvgIpc) is 2.73. The van der Waals surface area contributed by atoms with E-state index in [1.54, 1.807) is 36.4 Å². The van der Waals surface area contributed by atoms with Crippen molar-refractivity contribution in [3.63, 3.8) is 0 Å². The number of halogens is 2. The molecule has 5 nitrogen and oxygen atoms in total. The summed E-state index contributed by atoms with van der Waals surface area (Å²) < 4.78 is 28.0. The number of aryl methyl sites for hydroxylation is 2. The average molecular weight is 509 g/mol. The van der Waals surface area contributed by atoms with Crippen LogP contribution in [0.25, 0.3) is 0 Å². The van der Waals surface area contributed by atoms with Gasteiger partial charge in [-0.15, -0.1) is 11.8 Å². The molecule has 0 bridgehead atoms. The molecule has 0 saturated heterocycles. The molecule has 0 fully saturated rings. The third-order valence-electron chi connectivity index (χ3n) is 4.63. The highest BCUT2D eigenvalue weighted by Crippen LogP contribution is 2.28. The minimum Gasteiger partial charge on any atom is -0.325 e. The molecule has 1 amide bonds. The lowest BCUT2D eigenvalue weighted by molar-refractivity contribution is -0.113. The van der Waals surface area contributed by atoms with E-state index >= 15 is 0 Å². The zero-order chi connectivity index (χ0) is 23.3. The smallest absolute Gasteiger partial charge is 0.261 e. The van der Waals surface area contributed by atoms with Crippen LogP contribution < -0.4 is 10.0 Å². The Bertz CT molecular complexity index is 1210. The Balaban J connectivity index is 1.58. The first-order valence-corrected chi connectivity index (χ1v) is 13.1. The van der Waals surface area contributed by atoms with Crippen LogP contribution in [0.1, 0.15) is 16.7 Å². The first-order chi connectivity index (χ1) is 15.2. The quantitative estimate of drug-likeness (QED) is 0.375. The second-order valence-electron chi connectivity index (χ2n) is 7.19. The SMILES string of the molecule is Cc1ccc(C)c(NS(=O)(=O)c2ccc(NC(=O)CSCc3c(Cl)cccc3Cl)cc2)c1. The highest BCUT2D eigenvalue weighted by Gasteiger charge is 2.16. The topological polar surface area (TPSA) is 75.3 Å². The van der Waals surface area contributed by atoms with Gasteiger partial charge in [0.1, 0.15) is 0 Å². The number of amides is 1. The number of hydrogen-bond donors (Lipinski definition) is 2. The molecule has 32 heavy (non-hydrogen) atoms. The second-order valence-corrected chi connectivity index (χ2v) is 10.7. The largest absolute Gasteiger partial charge is 0.325 e. The lowest BCUT2D eigenvalue weighted by Crippen LogP contribution is -2.15. The minimum atomic E-state index is -3.74. The van der Waals surface area contributed by atoms with Crippen LogP contribution in [0.4, 0.5) is 11.4 Å². The fourth-order valence-corrected chi connectivity index (χ4v) is 5.57. The highest BCUT2D eigenvalue weighted by molar-refractivity contribution is 7.99. The molecule has 0 aromatic heterocycles. The number of carbonyl (C=O) groups excluding carboxylic acids is 1. The van der Waals surface area contributed by atoms with E-state index in [2.05, 4.69) is 10.0 Å². The molecule has 0 atom stereocenters. The van der Waals surface area contributed by atoms with Crippen molar-refractivity contribution in [1.82, 2.24) is 0 Å². The van der Waals surface area contributed by atoms with Crippen LogP contribution >= 0.6 is 35.0 Å². The summed E-state index contributed by atoms with van der Waals surface area (Å²) in [6.45, 7) is 3.74.